The van der Waals surface area contributed by atoms with Gasteiger partial charge in [0.1, 0.15) is 11.9 Å². The fourth-order valence-electron chi connectivity index (χ4n) is 3.44. The SMILES string of the molecule is NC[C@H]1Cc2cccc(-c3cccc4c(C(N)=O)cccc34)c2O1. The molecule has 0 saturated heterocycles. The highest BCUT2D eigenvalue weighted by atomic mass is 16.5. The summed E-state index contributed by atoms with van der Waals surface area (Å²) in [6.45, 7) is 0.496. The zero-order chi connectivity index (χ0) is 16.7. The summed E-state index contributed by atoms with van der Waals surface area (Å²) in [6, 6.07) is 17.7. The Balaban J connectivity index is 1.95. The van der Waals surface area contributed by atoms with Gasteiger partial charge < -0.3 is 16.2 Å². The highest BCUT2D eigenvalue weighted by Crippen LogP contribution is 2.41. The van der Waals surface area contributed by atoms with E-state index < -0.39 is 5.91 Å². The largest absolute Gasteiger partial charge is 0.488 e. The molecule has 0 aliphatic carbocycles. The minimum atomic E-state index is -0.421. The predicted molar refractivity (Wildman–Crippen MR) is 95.1 cm³/mol. The highest BCUT2D eigenvalue weighted by Gasteiger charge is 2.25. The lowest BCUT2D eigenvalue weighted by Gasteiger charge is -2.13. The van der Waals surface area contributed by atoms with E-state index in [2.05, 4.69) is 6.07 Å². The number of ether oxygens (including phenoxy) is 1. The maximum atomic E-state index is 11.7. The first-order chi connectivity index (χ1) is 11.7. The molecule has 24 heavy (non-hydrogen) atoms. The van der Waals surface area contributed by atoms with Crippen LogP contribution >= 0.6 is 0 Å². The lowest BCUT2D eigenvalue weighted by molar-refractivity contribution is 0.100. The van der Waals surface area contributed by atoms with E-state index in [1.54, 1.807) is 6.07 Å². The van der Waals surface area contributed by atoms with Crippen LogP contribution in [0.1, 0.15) is 15.9 Å². The van der Waals surface area contributed by atoms with Crippen molar-refractivity contribution >= 4 is 16.7 Å². The van der Waals surface area contributed by atoms with Gasteiger partial charge in [0.2, 0.25) is 5.91 Å². The molecule has 0 spiro atoms. The van der Waals surface area contributed by atoms with Gasteiger partial charge in [0.05, 0.1) is 0 Å². The molecule has 3 aromatic rings. The van der Waals surface area contributed by atoms with Crippen LogP contribution in [0, 0.1) is 0 Å². The smallest absolute Gasteiger partial charge is 0.249 e. The molecule has 4 heteroatoms. The van der Waals surface area contributed by atoms with Crippen LogP contribution in [0.2, 0.25) is 0 Å². The second kappa shape index (κ2) is 5.65. The Labute approximate surface area is 140 Å². The van der Waals surface area contributed by atoms with Gasteiger partial charge in [-0.1, -0.05) is 48.5 Å². The molecule has 1 aliphatic rings. The van der Waals surface area contributed by atoms with E-state index in [-0.39, 0.29) is 6.10 Å². The molecule has 3 aromatic carbocycles. The van der Waals surface area contributed by atoms with Crippen LogP contribution in [0.4, 0.5) is 0 Å². The topological polar surface area (TPSA) is 78.3 Å². The Bertz CT molecular complexity index is 950. The molecular weight excluding hydrogens is 300 g/mol. The summed E-state index contributed by atoms with van der Waals surface area (Å²) in [5, 5.41) is 1.84. The Hall–Kier alpha value is -2.85. The Morgan fingerprint density at radius 3 is 2.50 bits per heavy atom. The van der Waals surface area contributed by atoms with Crippen LogP contribution in [0.5, 0.6) is 5.75 Å². The molecule has 1 heterocycles. The minimum Gasteiger partial charge on any atom is -0.488 e. The summed E-state index contributed by atoms with van der Waals surface area (Å²) in [6.07, 6.45) is 0.856. The van der Waals surface area contributed by atoms with Crippen molar-refractivity contribution in [1.29, 1.82) is 0 Å². The fraction of sp³-hybridized carbons (Fsp3) is 0.150. The first-order valence-electron chi connectivity index (χ1n) is 7.99. The van der Waals surface area contributed by atoms with Crippen LogP contribution < -0.4 is 16.2 Å². The summed E-state index contributed by atoms with van der Waals surface area (Å²) >= 11 is 0. The average Bonchev–Trinajstić information content (AvgIpc) is 3.04. The van der Waals surface area contributed by atoms with E-state index in [0.717, 1.165) is 34.1 Å². The van der Waals surface area contributed by atoms with E-state index in [4.69, 9.17) is 16.2 Å². The Kier molecular flexibility index (Phi) is 3.47. The van der Waals surface area contributed by atoms with E-state index >= 15 is 0 Å². The van der Waals surface area contributed by atoms with Crippen molar-refractivity contribution in [3.63, 3.8) is 0 Å². The van der Waals surface area contributed by atoms with Crippen molar-refractivity contribution in [2.75, 3.05) is 6.54 Å². The number of nitrogens with two attached hydrogens (primary N) is 2. The molecule has 0 unspecified atom stereocenters. The fourth-order valence-corrected chi connectivity index (χ4v) is 3.44. The van der Waals surface area contributed by atoms with E-state index in [0.29, 0.717) is 12.1 Å². The molecular formula is C20H18N2O2. The maximum absolute atomic E-state index is 11.7. The molecule has 1 atom stereocenters. The molecule has 0 bridgehead atoms. The summed E-state index contributed by atoms with van der Waals surface area (Å²) in [4.78, 5) is 11.7. The lowest BCUT2D eigenvalue weighted by atomic mass is 9.93. The zero-order valence-corrected chi connectivity index (χ0v) is 13.2. The number of hydrogen-bond donors (Lipinski definition) is 2. The van der Waals surface area contributed by atoms with Gasteiger partial charge in [-0.2, -0.15) is 0 Å². The molecule has 4 nitrogen and oxygen atoms in total. The van der Waals surface area contributed by atoms with Gasteiger partial charge >= 0.3 is 0 Å². The number of amides is 1. The Morgan fingerprint density at radius 2 is 1.71 bits per heavy atom. The van der Waals surface area contributed by atoms with Gasteiger partial charge in [0, 0.05) is 24.1 Å². The standard InChI is InChI=1S/C20H18N2O2/c21-11-13-10-12-4-1-8-17(19(12)24-13)15-6-2-7-16-14(15)5-3-9-18(16)20(22)23/h1-9,13H,10-11,21H2,(H2,22,23)/t13-/m1/s1. The second-order valence-corrected chi connectivity index (χ2v) is 6.04. The van der Waals surface area contributed by atoms with Crippen LogP contribution in [0.15, 0.2) is 54.6 Å². The number of para-hydroxylation sites is 1. The summed E-state index contributed by atoms with van der Waals surface area (Å²) in [7, 11) is 0. The van der Waals surface area contributed by atoms with Crippen LogP contribution in [-0.4, -0.2) is 18.6 Å². The van der Waals surface area contributed by atoms with Crippen molar-refractivity contribution in [2.24, 2.45) is 11.5 Å². The van der Waals surface area contributed by atoms with Crippen molar-refractivity contribution in [3.8, 4) is 16.9 Å². The second-order valence-electron chi connectivity index (χ2n) is 6.04. The van der Waals surface area contributed by atoms with Gasteiger partial charge in [0.25, 0.3) is 0 Å². The Morgan fingerprint density at radius 1 is 1.00 bits per heavy atom. The maximum Gasteiger partial charge on any atom is 0.249 e. The van der Waals surface area contributed by atoms with Crippen molar-refractivity contribution < 1.29 is 9.53 Å². The van der Waals surface area contributed by atoms with E-state index in [9.17, 15) is 4.79 Å². The van der Waals surface area contributed by atoms with Crippen LogP contribution in [0.25, 0.3) is 21.9 Å². The third-order valence-corrected chi connectivity index (χ3v) is 4.57. The van der Waals surface area contributed by atoms with Crippen molar-refractivity contribution in [3.05, 3.63) is 65.7 Å². The third-order valence-electron chi connectivity index (χ3n) is 4.57. The number of carbonyl (C=O) groups is 1. The van der Waals surface area contributed by atoms with Crippen molar-refractivity contribution in [1.82, 2.24) is 0 Å². The summed E-state index contributed by atoms with van der Waals surface area (Å²) < 4.78 is 6.05. The molecule has 4 N–H and O–H groups in total. The molecule has 0 radical (unpaired) electrons. The number of rotatable bonds is 3. The van der Waals surface area contributed by atoms with Crippen LogP contribution in [0.3, 0.4) is 0 Å². The molecule has 0 aromatic heterocycles. The number of primary amides is 1. The molecule has 1 amide bonds. The molecule has 120 valence electrons. The van der Waals surface area contributed by atoms with Crippen LogP contribution in [-0.2, 0) is 6.42 Å². The van der Waals surface area contributed by atoms with E-state index in [1.807, 2.05) is 42.5 Å². The zero-order valence-electron chi connectivity index (χ0n) is 13.2. The summed E-state index contributed by atoms with van der Waals surface area (Å²) in [5.41, 5.74) is 15.0. The lowest BCUT2D eigenvalue weighted by Crippen LogP contribution is -2.24. The molecule has 1 aliphatic heterocycles. The first kappa shape index (κ1) is 14.7. The van der Waals surface area contributed by atoms with Gasteiger partial charge in [-0.05, 0) is 28.0 Å². The molecule has 0 saturated carbocycles. The highest BCUT2D eigenvalue weighted by molar-refractivity contribution is 6.10. The van der Waals surface area contributed by atoms with Gasteiger partial charge in [-0.3, -0.25) is 4.79 Å². The van der Waals surface area contributed by atoms with E-state index in [1.165, 1.54) is 5.56 Å². The molecule has 0 fully saturated rings. The van der Waals surface area contributed by atoms with Gasteiger partial charge in [0.15, 0.2) is 0 Å². The predicted octanol–water partition coefficient (Wildman–Crippen LogP) is 2.87. The quantitative estimate of drug-likeness (QED) is 0.779. The van der Waals surface area contributed by atoms with Gasteiger partial charge in [-0.15, -0.1) is 0 Å². The third kappa shape index (κ3) is 2.23. The van der Waals surface area contributed by atoms with Crippen molar-refractivity contribution in [2.45, 2.75) is 12.5 Å². The number of fused-ring (bicyclic) bond motifs is 2. The summed E-state index contributed by atoms with van der Waals surface area (Å²) in [5.74, 6) is 0.473. The monoisotopic (exact) mass is 318 g/mol. The number of benzene rings is 3. The normalized spacial score (nSPS) is 16.0. The number of hydrogen-bond acceptors (Lipinski definition) is 3. The first-order valence-corrected chi connectivity index (χ1v) is 7.99. The van der Waals surface area contributed by atoms with Gasteiger partial charge in [-0.25, -0.2) is 0 Å². The molecule has 4 rings (SSSR count). The number of carbonyl (C=O) groups excluding carboxylic acids is 1. The minimum absolute atomic E-state index is 0.0253. The average molecular weight is 318 g/mol.